The number of amides is 1. The lowest BCUT2D eigenvalue weighted by molar-refractivity contribution is 0.0853. The number of likely N-dealkylation sites (tertiary alicyclic amines) is 1. The topological polar surface area (TPSA) is 92.5 Å². The van der Waals surface area contributed by atoms with Gasteiger partial charge in [-0.3, -0.25) is 4.79 Å². The number of nitrogens with two attached hydrogens (primary N) is 1. The molecule has 31 heavy (non-hydrogen) atoms. The normalized spacial score (nSPS) is 18.6. The Morgan fingerprint density at radius 1 is 1.16 bits per heavy atom. The van der Waals surface area contributed by atoms with Gasteiger partial charge in [-0.15, -0.1) is 0 Å². The maximum Gasteiger partial charge on any atom is 0.252 e. The number of nitrogens with one attached hydrogen (secondary N) is 2. The average molecular weight is 424 g/mol. The van der Waals surface area contributed by atoms with Crippen molar-refractivity contribution in [3.8, 4) is 0 Å². The van der Waals surface area contributed by atoms with E-state index in [1.807, 2.05) is 6.07 Å². The van der Waals surface area contributed by atoms with Gasteiger partial charge in [0.05, 0.1) is 11.3 Å². The van der Waals surface area contributed by atoms with Gasteiger partial charge in [-0.2, -0.15) is 0 Å². The molecule has 7 nitrogen and oxygen atoms in total. The van der Waals surface area contributed by atoms with Crippen molar-refractivity contribution >= 4 is 23.1 Å². The summed E-state index contributed by atoms with van der Waals surface area (Å²) in [5, 5.41) is 6.89. The number of pyridine rings is 1. The molecule has 2 fully saturated rings. The molecule has 0 spiro atoms. The molecule has 1 aromatic carbocycles. The number of primary amides is 1. The van der Waals surface area contributed by atoms with Crippen LogP contribution in [0, 0.1) is 0 Å². The monoisotopic (exact) mass is 423 g/mol. The third-order valence-corrected chi connectivity index (χ3v) is 6.44. The van der Waals surface area contributed by atoms with Gasteiger partial charge in [-0.25, -0.2) is 4.98 Å². The van der Waals surface area contributed by atoms with E-state index < -0.39 is 5.91 Å². The van der Waals surface area contributed by atoms with E-state index in [-0.39, 0.29) is 0 Å². The molecule has 0 bridgehead atoms. The molecule has 7 heteroatoms. The third-order valence-electron chi connectivity index (χ3n) is 6.44. The van der Waals surface area contributed by atoms with E-state index in [1.54, 1.807) is 6.20 Å². The van der Waals surface area contributed by atoms with Crippen molar-refractivity contribution in [2.75, 3.05) is 43.5 Å². The fourth-order valence-corrected chi connectivity index (χ4v) is 4.47. The van der Waals surface area contributed by atoms with Crippen LogP contribution in [0.25, 0.3) is 0 Å². The Balaban J connectivity index is 1.44. The zero-order valence-electron chi connectivity index (χ0n) is 18.3. The molecule has 4 N–H and O–H groups in total. The Morgan fingerprint density at radius 2 is 1.87 bits per heavy atom. The first-order valence-electron chi connectivity index (χ1n) is 11.4. The lowest BCUT2D eigenvalue weighted by Crippen LogP contribution is -2.39. The number of carbonyl (C=O) groups excluding carboxylic acids is 1. The Hall–Kier alpha value is -2.64. The number of piperidine rings is 1. The molecule has 166 valence electrons. The van der Waals surface area contributed by atoms with Crippen molar-refractivity contribution < 1.29 is 9.53 Å². The lowest BCUT2D eigenvalue weighted by atomic mass is 9.92. The van der Waals surface area contributed by atoms with Crippen LogP contribution >= 0.6 is 0 Å². The second-order valence-electron chi connectivity index (χ2n) is 8.47. The van der Waals surface area contributed by atoms with Gasteiger partial charge in [-0.1, -0.05) is 19.1 Å². The molecule has 2 aromatic rings. The molecule has 4 rings (SSSR count). The maximum absolute atomic E-state index is 11.9. The minimum Gasteiger partial charge on any atom is -0.381 e. The van der Waals surface area contributed by atoms with Crippen molar-refractivity contribution in [2.45, 2.75) is 44.6 Å². The number of carbonyl (C=O) groups is 1. The summed E-state index contributed by atoms with van der Waals surface area (Å²) in [5.74, 6) is 0.802. The van der Waals surface area contributed by atoms with Crippen LogP contribution in [-0.4, -0.2) is 54.7 Å². The van der Waals surface area contributed by atoms with Gasteiger partial charge < -0.3 is 26.0 Å². The predicted molar refractivity (Wildman–Crippen MR) is 124 cm³/mol. The van der Waals surface area contributed by atoms with Crippen molar-refractivity contribution in [1.82, 2.24) is 9.88 Å². The highest BCUT2D eigenvalue weighted by atomic mass is 16.5. The molecule has 2 aliphatic rings. The summed E-state index contributed by atoms with van der Waals surface area (Å²) in [6.45, 7) is 7.08. The Labute approximate surface area is 184 Å². The number of hydrogen-bond acceptors (Lipinski definition) is 6. The average Bonchev–Trinajstić information content (AvgIpc) is 2.81. The van der Waals surface area contributed by atoms with E-state index in [2.05, 4.69) is 51.7 Å². The summed E-state index contributed by atoms with van der Waals surface area (Å²) in [4.78, 5) is 18.8. The minimum atomic E-state index is -0.464. The van der Waals surface area contributed by atoms with E-state index in [0.29, 0.717) is 23.3 Å². The van der Waals surface area contributed by atoms with E-state index in [4.69, 9.17) is 10.5 Å². The summed E-state index contributed by atoms with van der Waals surface area (Å²) >= 11 is 0. The SMILES string of the molecule is CCN1CCC(Nc2cc(Nc3ccc(C4CCOCC4)cc3)ncc2C(N)=O)CC1. The molecule has 1 amide bonds. The van der Waals surface area contributed by atoms with Crippen LogP contribution in [0.3, 0.4) is 0 Å². The smallest absolute Gasteiger partial charge is 0.252 e. The van der Waals surface area contributed by atoms with Crippen LogP contribution in [0.4, 0.5) is 17.2 Å². The number of rotatable bonds is 7. The first-order chi connectivity index (χ1) is 15.1. The minimum absolute atomic E-state index is 0.329. The first-order valence-corrected chi connectivity index (χ1v) is 11.4. The largest absolute Gasteiger partial charge is 0.381 e. The number of ether oxygens (including phenoxy) is 1. The molecule has 1 aromatic heterocycles. The molecule has 0 saturated carbocycles. The van der Waals surface area contributed by atoms with Crippen LogP contribution in [0.1, 0.15) is 54.4 Å². The van der Waals surface area contributed by atoms with Crippen LogP contribution in [0.5, 0.6) is 0 Å². The van der Waals surface area contributed by atoms with Gasteiger partial charge in [0.25, 0.3) is 5.91 Å². The summed E-state index contributed by atoms with van der Waals surface area (Å²) in [5.41, 5.74) is 9.10. The van der Waals surface area contributed by atoms with E-state index in [1.165, 1.54) is 5.56 Å². The Bertz CT molecular complexity index is 872. The molecule has 2 saturated heterocycles. The summed E-state index contributed by atoms with van der Waals surface area (Å²) in [6, 6.07) is 10.7. The molecule has 0 radical (unpaired) electrons. The van der Waals surface area contributed by atoms with Crippen LogP contribution in [-0.2, 0) is 4.74 Å². The van der Waals surface area contributed by atoms with Crippen LogP contribution in [0.15, 0.2) is 36.5 Å². The van der Waals surface area contributed by atoms with Gasteiger partial charge in [0, 0.05) is 50.3 Å². The molecule has 0 unspecified atom stereocenters. The summed E-state index contributed by atoms with van der Waals surface area (Å²) in [7, 11) is 0. The van der Waals surface area contributed by atoms with Crippen LogP contribution < -0.4 is 16.4 Å². The number of hydrogen-bond donors (Lipinski definition) is 3. The molecule has 0 aliphatic carbocycles. The number of benzene rings is 1. The highest BCUT2D eigenvalue weighted by Gasteiger charge is 2.20. The second kappa shape index (κ2) is 10.1. The zero-order chi connectivity index (χ0) is 21.6. The van der Waals surface area contributed by atoms with Gasteiger partial charge in [0.15, 0.2) is 0 Å². The second-order valence-corrected chi connectivity index (χ2v) is 8.47. The Kier molecular flexibility index (Phi) is 7.04. The van der Waals surface area contributed by atoms with Gasteiger partial charge in [-0.05, 0) is 55.8 Å². The Morgan fingerprint density at radius 3 is 2.52 bits per heavy atom. The molecule has 0 atom stereocenters. The fourth-order valence-electron chi connectivity index (χ4n) is 4.47. The molecular weight excluding hydrogens is 390 g/mol. The number of nitrogens with zero attached hydrogens (tertiary/aromatic N) is 2. The van der Waals surface area contributed by atoms with Crippen molar-refractivity contribution in [3.63, 3.8) is 0 Å². The van der Waals surface area contributed by atoms with E-state index >= 15 is 0 Å². The summed E-state index contributed by atoms with van der Waals surface area (Å²) < 4.78 is 5.47. The van der Waals surface area contributed by atoms with Gasteiger partial charge in [0.2, 0.25) is 0 Å². The predicted octanol–water partition coefficient (Wildman–Crippen LogP) is 3.71. The maximum atomic E-state index is 11.9. The molecular formula is C24H33N5O2. The standard InChI is InChI=1S/C24H33N5O2/c1-2-29-11-7-20(8-12-29)27-22-15-23(26-16-21(22)24(25)30)28-19-5-3-17(4-6-19)18-9-13-31-14-10-18/h3-6,15-16,18,20H,2,7-14H2,1H3,(H2,25,30)(H2,26,27,28). The lowest BCUT2D eigenvalue weighted by Gasteiger charge is -2.32. The first kappa shape index (κ1) is 21.6. The highest BCUT2D eigenvalue weighted by molar-refractivity contribution is 5.98. The number of anilines is 3. The quantitative estimate of drug-likeness (QED) is 0.629. The molecule has 3 heterocycles. The fraction of sp³-hybridized carbons (Fsp3) is 0.500. The summed E-state index contributed by atoms with van der Waals surface area (Å²) in [6.07, 6.45) is 5.81. The van der Waals surface area contributed by atoms with E-state index in [0.717, 1.165) is 69.9 Å². The van der Waals surface area contributed by atoms with Gasteiger partial charge in [0.1, 0.15) is 5.82 Å². The molecule has 2 aliphatic heterocycles. The third kappa shape index (κ3) is 5.54. The zero-order valence-corrected chi connectivity index (χ0v) is 18.3. The van der Waals surface area contributed by atoms with Crippen LogP contribution in [0.2, 0.25) is 0 Å². The van der Waals surface area contributed by atoms with Crippen molar-refractivity contribution in [1.29, 1.82) is 0 Å². The highest BCUT2D eigenvalue weighted by Crippen LogP contribution is 2.29. The number of aromatic nitrogens is 1. The van der Waals surface area contributed by atoms with Crippen molar-refractivity contribution in [2.24, 2.45) is 5.73 Å². The van der Waals surface area contributed by atoms with E-state index in [9.17, 15) is 4.79 Å². The van der Waals surface area contributed by atoms with Gasteiger partial charge >= 0.3 is 0 Å². The van der Waals surface area contributed by atoms with Crippen molar-refractivity contribution in [3.05, 3.63) is 47.7 Å².